The molecule has 0 bridgehead atoms. The van der Waals surface area contributed by atoms with Crippen LogP contribution in [0, 0.1) is 0 Å². The maximum atomic E-state index is 12.2. The zero-order valence-corrected chi connectivity index (χ0v) is 15.6. The first kappa shape index (κ1) is 18.2. The Morgan fingerprint density at radius 2 is 1.77 bits per heavy atom. The maximum Gasteiger partial charge on any atom is 0.410 e. The molecule has 0 atom stereocenters. The molecule has 3 rings (SSSR count). The first-order valence-electron chi connectivity index (χ1n) is 9.06. The Labute approximate surface area is 155 Å². The Kier molecular flexibility index (Phi) is 5.45. The second-order valence-corrected chi connectivity index (χ2v) is 7.60. The van der Waals surface area contributed by atoms with E-state index >= 15 is 0 Å². The van der Waals surface area contributed by atoms with Crippen molar-refractivity contribution in [1.29, 1.82) is 0 Å². The van der Waals surface area contributed by atoms with Crippen molar-refractivity contribution in [2.24, 2.45) is 0 Å². The Morgan fingerprint density at radius 3 is 2.35 bits per heavy atom. The zero-order valence-electron chi connectivity index (χ0n) is 15.6. The van der Waals surface area contributed by atoms with E-state index < -0.39 is 5.60 Å². The highest BCUT2D eigenvalue weighted by atomic mass is 16.6. The summed E-state index contributed by atoms with van der Waals surface area (Å²) in [6.07, 6.45) is 5.10. The number of hydrogen-bond acceptors (Lipinski definition) is 4. The van der Waals surface area contributed by atoms with Gasteiger partial charge in [-0.3, -0.25) is 4.98 Å². The number of benzene rings is 1. The largest absolute Gasteiger partial charge is 0.456 e. The van der Waals surface area contributed by atoms with Crippen LogP contribution in [0.25, 0.3) is 0 Å². The number of ether oxygens (including phenoxy) is 2. The molecule has 0 saturated carbocycles. The monoisotopic (exact) mass is 354 g/mol. The molecule has 1 aliphatic heterocycles. The first-order valence-corrected chi connectivity index (χ1v) is 9.06. The normalized spacial score (nSPS) is 15.6. The highest BCUT2D eigenvalue weighted by molar-refractivity contribution is 5.68. The molecule has 5 heteroatoms. The van der Waals surface area contributed by atoms with Gasteiger partial charge in [-0.2, -0.15) is 0 Å². The molecular weight excluding hydrogens is 328 g/mol. The molecule has 0 aliphatic carbocycles. The van der Waals surface area contributed by atoms with Gasteiger partial charge in [0.2, 0.25) is 0 Å². The molecule has 1 aromatic carbocycles. The fraction of sp³-hybridized carbons (Fsp3) is 0.429. The third kappa shape index (κ3) is 4.97. The van der Waals surface area contributed by atoms with Gasteiger partial charge in [-0.15, -0.1) is 0 Å². The molecule has 1 amide bonds. The molecule has 1 aliphatic rings. The Morgan fingerprint density at radius 1 is 1.08 bits per heavy atom. The number of rotatable bonds is 3. The number of hydrogen-bond donors (Lipinski definition) is 0. The third-order valence-corrected chi connectivity index (χ3v) is 4.37. The average Bonchev–Trinajstić information content (AvgIpc) is 2.62. The van der Waals surface area contributed by atoms with E-state index in [2.05, 4.69) is 17.1 Å². The van der Waals surface area contributed by atoms with E-state index in [1.807, 2.05) is 49.9 Å². The lowest BCUT2D eigenvalue weighted by atomic mass is 9.89. The predicted octanol–water partition coefficient (Wildman–Crippen LogP) is 4.99. The van der Waals surface area contributed by atoms with Crippen LogP contribution in [0.15, 0.2) is 48.8 Å². The van der Waals surface area contributed by atoms with Gasteiger partial charge in [-0.25, -0.2) is 4.79 Å². The Hall–Kier alpha value is -2.56. The van der Waals surface area contributed by atoms with E-state index in [-0.39, 0.29) is 6.09 Å². The van der Waals surface area contributed by atoms with Gasteiger partial charge in [0.25, 0.3) is 0 Å². The van der Waals surface area contributed by atoms with Crippen molar-refractivity contribution in [3.05, 3.63) is 54.4 Å². The van der Waals surface area contributed by atoms with Crippen LogP contribution in [-0.4, -0.2) is 34.7 Å². The van der Waals surface area contributed by atoms with Gasteiger partial charge in [-0.1, -0.05) is 12.1 Å². The number of nitrogens with zero attached hydrogens (tertiary/aromatic N) is 2. The van der Waals surface area contributed by atoms with Crippen LogP contribution in [0.3, 0.4) is 0 Å². The van der Waals surface area contributed by atoms with Crippen LogP contribution in [0.2, 0.25) is 0 Å². The smallest absolute Gasteiger partial charge is 0.410 e. The van der Waals surface area contributed by atoms with E-state index in [0.717, 1.165) is 37.4 Å². The molecule has 0 N–H and O–H groups in total. The number of piperidine rings is 1. The number of carbonyl (C=O) groups is 1. The fourth-order valence-electron chi connectivity index (χ4n) is 3.07. The molecular formula is C21H26N2O3. The van der Waals surface area contributed by atoms with Gasteiger partial charge >= 0.3 is 6.09 Å². The SMILES string of the molecule is CC(C)(C)OC(=O)N1CCC(c2ccc(Oc3cccnc3)cc2)CC1. The summed E-state index contributed by atoms with van der Waals surface area (Å²) in [5.74, 6) is 1.99. The Bertz CT molecular complexity index is 715. The summed E-state index contributed by atoms with van der Waals surface area (Å²) in [5, 5.41) is 0. The van der Waals surface area contributed by atoms with Crippen molar-refractivity contribution < 1.29 is 14.3 Å². The lowest BCUT2D eigenvalue weighted by Crippen LogP contribution is -2.41. The average molecular weight is 354 g/mol. The van der Waals surface area contributed by atoms with Crippen LogP contribution >= 0.6 is 0 Å². The quantitative estimate of drug-likeness (QED) is 0.779. The third-order valence-electron chi connectivity index (χ3n) is 4.37. The summed E-state index contributed by atoms with van der Waals surface area (Å²) in [6.45, 7) is 7.15. The Balaban J connectivity index is 1.54. The minimum absolute atomic E-state index is 0.212. The predicted molar refractivity (Wildman–Crippen MR) is 101 cm³/mol. The highest BCUT2D eigenvalue weighted by Crippen LogP contribution is 2.30. The van der Waals surface area contributed by atoms with E-state index in [4.69, 9.17) is 9.47 Å². The van der Waals surface area contributed by atoms with Gasteiger partial charge in [0.15, 0.2) is 0 Å². The van der Waals surface area contributed by atoms with Crippen LogP contribution < -0.4 is 4.74 Å². The zero-order chi connectivity index (χ0) is 18.6. The van der Waals surface area contributed by atoms with Gasteiger partial charge in [0.1, 0.15) is 17.1 Å². The van der Waals surface area contributed by atoms with E-state index in [1.165, 1.54) is 5.56 Å². The van der Waals surface area contributed by atoms with Crippen molar-refractivity contribution >= 4 is 6.09 Å². The molecule has 0 radical (unpaired) electrons. The van der Waals surface area contributed by atoms with E-state index in [9.17, 15) is 4.79 Å². The van der Waals surface area contributed by atoms with E-state index in [1.54, 1.807) is 12.4 Å². The molecule has 138 valence electrons. The molecule has 2 heterocycles. The molecule has 5 nitrogen and oxygen atoms in total. The van der Waals surface area contributed by atoms with Crippen molar-refractivity contribution in [1.82, 2.24) is 9.88 Å². The van der Waals surface area contributed by atoms with Crippen molar-refractivity contribution in [2.75, 3.05) is 13.1 Å². The summed E-state index contributed by atoms with van der Waals surface area (Å²) in [4.78, 5) is 18.0. The molecule has 1 aromatic heterocycles. The van der Waals surface area contributed by atoms with Gasteiger partial charge in [0.05, 0.1) is 6.20 Å². The van der Waals surface area contributed by atoms with Crippen molar-refractivity contribution in [2.45, 2.75) is 45.1 Å². The minimum Gasteiger partial charge on any atom is -0.456 e. The topological polar surface area (TPSA) is 51.7 Å². The molecule has 0 spiro atoms. The second kappa shape index (κ2) is 7.77. The lowest BCUT2D eigenvalue weighted by molar-refractivity contribution is 0.0205. The van der Waals surface area contributed by atoms with Crippen LogP contribution in [0.5, 0.6) is 11.5 Å². The summed E-state index contributed by atoms with van der Waals surface area (Å²) in [7, 11) is 0. The summed E-state index contributed by atoms with van der Waals surface area (Å²) in [6, 6.07) is 11.9. The van der Waals surface area contributed by atoms with Gasteiger partial charge in [-0.05, 0) is 69.4 Å². The molecule has 1 saturated heterocycles. The van der Waals surface area contributed by atoms with Crippen LogP contribution in [-0.2, 0) is 4.74 Å². The van der Waals surface area contributed by atoms with Crippen molar-refractivity contribution in [3.8, 4) is 11.5 Å². The first-order chi connectivity index (χ1) is 12.4. The van der Waals surface area contributed by atoms with Gasteiger partial charge < -0.3 is 14.4 Å². The second-order valence-electron chi connectivity index (χ2n) is 7.60. The number of aromatic nitrogens is 1. The number of carbonyl (C=O) groups excluding carboxylic acids is 1. The number of likely N-dealkylation sites (tertiary alicyclic amines) is 1. The number of pyridine rings is 1. The lowest BCUT2D eigenvalue weighted by Gasteiger charge is -2.33. The van der Waals surface area contributed by atoms with Crippen LogP contribution in [0.4, 0.5) is 4.79 Å². The fourth-order valence-corrected chi connectivity index (χ4v) is 3.07. The summed E-state index contributed by atoms with van der Waals surface area (Å²) in [5.41, 5.74) is 0.838. The summed E-state index contributed by atoms with van der Waals surface area (Å²) >= 11 is 0. The maximum absolute atomic E-state index is 12.2. The highest BCUT2D eigenvalue weighted by Gasteiger charge is 2.27. The molecule has 0 unspecified atom stereocenters. The van der Waals surface area contributed by atoms with Crippen molar-refractivity contribution in [3.63, 3.8) is 0 Å². The van der Waals surface area contributed by atoms with Gasteiger partial charge in [0, 0.05) is 19.3 Å². The standard InChI is InChI=1S/C21H26N2O3/c1-21(2,3)26-20(24)23-13-10-17(11-14-23)16-6-8-18(9-7-16)25-19-5-4-12-22-15-19/h4-9,12,15,17H,10-11,13-14H2,1-3H3. The molecule has 1 fully saturated rings. The summed E-state index contributed by atoms with van der Waals surface area (Å²) < 4.78 is 11.2. The number of amides is 1. The molecule has 26 heavy (non-hydrogen) atoms. The minimum atomic E-state index is -0.446. The van der Waals surface area contributed by atoms with Crippen LogP contribution in [0.1, 0.15) is 45.1 Å². The molecule has 2 aromatic rings. The van der Waals surface area contributed by atoms with E-state index in [0.29, 0.717) is 5.92 Å².